The maximum atomic E-state index is 11.9. The standard InChI is InChI=1S/C10H15N3O3S/c1-11-4-3-5-12(2)10(14)8-6-9(13(15)16)17-7-8/h6-7,11H,3-5H2,1-2H3. The van der Waals surface area contributed by atoms with Gasteiger partial charge >= 0.3 is 5.00 Å². The summed E-state index contributed by atoms with van der Waals surface area (Å²) in [5.41, 5.74) is 0.383. The highest BCUT2D eigenvalue weighted by Gasteiger charge is 2.17. The van der Waals surface area contributed by atoms with Crippen molar-refractivity contribution in [3.05, 3.63) is 27.1 Å². The summed E-state index contributed by atoms with van der Waals surface area (Å²) >= 11 is 0.973. The Labute approximate surface area is 103 Å². The van der Waals surface area contributed by atoms with E-state index >= 15 is 0 Å². The van der Waals surface area contributed by atoms with Gasteiger partial charge in [-0.2, -0.15) is 0 Å². The molecule has 0 radical (unpaired) electrons. The van der Waals surface area contributed by atoms with Crippen molar-refractivity contribution in [2.75, 3.05) is 27.2 Å². The normalized spacial score (nSPS) is 10.2. The van der Waals surface area contributed by atoms with Crippen molar-refractivity contribution in [1.82, 2.24) is 10.2 Å². The lowest BCUT2D eigenvalue weighted by Gasteiger charge is -2.15. The Balaban J connectivity index is 2.58. The fourth-order valence-electron chi connectivity index (χ4n) is 1.35. The smallest absolute Gasteiger partial charge is 0.324 e. The molecule has 0 fully saturated rings. The molecule has 0 spiro atoms. The number of rotatable bonds is 6. The van der Waals surface area contributed by atoms with Crippen molar-refractivity contribution in [2.24, 2.45) is 0 Å². The number of carbonyl (C=O) groups is 1. The lowest BCUT2D eigenvalue weighted by atomic mass is 10.3. The maximum Gasteiger partial charge on any atom is 0.324 e. The average Bonchev–Trinajstić information content (AvgIpc) is 2.77. The number of nitrogens with zero attached hydrogens (tertiary/aromatic N) is 2. The molecule has 0 aliphatic carbocycles. The van der Waals surface area contributed by atoms with Crippen LogP contribution in [0.15, 0.2) is 11.4 Å². The van der Waals surface area contributed by atoms with E-state index in [2.05, 4.69) is 5.32 Å². The topological polar surface area (TPSA) is 75.5 Å². The van der Waals surface area contributed by atoms with Crippen LogP contribution in [0.4, 0.5) is 5.00 Å². The molecule has 1 heterocycles. The number of nitro groups is 1. The van der Waals surface area contributed by atoms with Crippen molar-refractivity contribution in [1.29, 1.82) is 0 Å². The van der Waals surface area contributed by atoms with Gasteiger partial charge in [-0.25, -0.2) is 0 Å². The summed E-state index contributed by atoms with van der Waals surface area (Å²) in [6.45, 7) is 1.46. The minimum absolute atomic E-state index is 0.00280. The molecule has 6 nitrogen and oxygen atoms in total. The van der Waals surface area contributed by atoms with Gasteiger partial charge < -0.3 is 10.2 Å². The van der Waals surface area contributed by atoms with Crippen molar-refractivity contribution in [3.8, 4) is 0 Å². The van der Waals surface area contributed by atoms with Crippen LogP contribution in [-0.2, 0) is 0 Å². The number of nitrogens with one attached hydrogen (secondary N) is 1. The molecule has 94 valence electrons. The van der Waals surface area contributed by atoms with Gasteiger partial charge in [0.25, 0.3) is 5.91 Å². The van der Waals surface area contributed by atoms with Crippen LogP contribution in [0, 0.1) is 10.1 Å². The zero-order chi connectivity index (χ0) is 12.8. The molecule has 0 unspecified atom stereocenters. The van der Waals surface area contributed by atoms with E-state index in [1.54, 1.807) is 11.9 Å². The number of hydrogen-bond acceptors (Lipinski definition) is 5. The summed E-state index contributed by atoms with van der Waals surface area (Å²) in [6, 6.07) is 1.32. The molecular weight excluding hydrogens is 242 g/mol. The van der Waals surface area contributed by atoms with Gasteiger partial charge in [0.1, 0.15) is 0 Å². The third-order valence-electron chi connectivity index (χ3n) is 2.28. The van der Waals surface area contributed by atoms with Crippen molar-refractivity contribution in [3.63, 3.8) is 0 Å². The Hall–Kier alpha value is -1.47. The van der Waals surface area contributed by atoms with Crippen LogP contribution in [-0.4, -0.2) is 42.9 Å². The summed E-state index contributed by atoms with van der Waals surface area (Å²) < 4.78 is 0. The lowest BCUT2D eigenvalue weighted by molar-refractivity contribution is -0.380. The highest BCUT2D eigenvalue weighted by atomic mass is 32.1. The molecule has 1 N–H and O–H groups in total. The fourth-order valence-corrected chi connectivity index (χ4v) is 2.05. The predicted octanol–water partition coefficient (Wildman–Crippen LogP) is 1.34. The molecule has 0 aliphatic rings. The molecule has 0 saturated heterocycles. The second-order valence-electron chi connectivity index (χ2n) is 3.61. The van der Waals surface area contributed by atoms with E-state index in [0.717, 1.165) is 24.3 Å². The average molecular weight is 257 g/mol. The molecule has 0 aromatic carbocycles. The van der Waals surface area contributed by atoms with Gasteiger partial charge in [0.2, 0.25) is 0 Å². The molecule has 1 aromatic heterocycles. The Kier molecular flexibility index (Phi) is 5.05. The molecule has 0 atom stereocenters. The van der Waals surface area contributed by atoms with E-state index in [9.17, 15) is 14.9 Å². The SMILES string of the molecule is CNCCCN(C)C(=O)c1csc([N+](=O)[O-])c1. The van der Waals surface area contributed by atoms with E-state index in [0.29, 0.717) is 12.1 Å². The summed E-state index contributed by atoms with van der Waals surface area (Å²) in [5.74, 6) is -0.176. The van der Waals surface area contributed by atoms with Crippen molar-refractivity contribution >= 4 is 22.2 Å². The Morgan fingerprint density at radius 3 is 2.88 bits per heavy atom. The van der Waals surface area contributed by atoms with Crippen LogP contribution in [0.1, 0.15) is 16.8 Å². The lowest BCUT2D eigenvalue weighted by Crippen LogP contribution is -2.29. The van der Waals surface area contributed by atoms with Gasteiger partial charge in [0.05, 0.1) is 10.5 Å². The summed E-state index contributed by atoms with van der Waals surface area (Å²) in [6.07, 6.45) is 0.852. The largest absolute Gasteiger partial charge is 0.342 e. The molecule has 1 aromatic rings. The number of thiophene rings is 1. The van der Waals surface area contributed by atoms with E-state index < -0.39 is 4.92 Å². The maximum absolute atomic E-state index is 11.9. The van der Waals surface area contributed by atoms with Crippen LogP contribution >= 0.6 is 11.3 Å². The van der Waals surface area contributed by atoms with Crippen LogP contribution in [0.5, 0.6) is 0 Å². The molecule has 1 amide bonds. The number of hydrogen-bond donors (Lipinski definition) is 1. The second kappa shape index (κ2) is 6.31. The summed E-state index contributed by atoms with van der Waals surface area (Å²) in [4.78, 5) is 23.5. The Bertz CT molecular complexity index is 405. The first-order valence-corrected chi connectivity index (χ1v) is 6.07. The zero-order valence-corrected chi connectivity index (χ0v) is 10.6. The predicted molar refractivity (Wildman–Crippen MR) is 66.5 cm³/mol. The zero-order valence-electron chi connectivity index (χ0n) is 9.80. The first-order chi connectivity index (χ1) is 8.06. The van der Waals surface area contributed by atoms with Crippen molar-refractivity contribution in [2.45, 2.75) is 6.42 Å². The minimum Gasteiger partial charge on any atom is -0.342 e. The third kappa shape index (κ3) is 3.79. The minimum atomic E-state index is -0.484. The van der Waals surface area contributed by atoms with Crippen LogP contribution < -0.4 is 5.32 Å². The van der Waals surface area contributed by atoms with Gasteiger partial charge in [-0.05, 0) is 20.0 Å². The third-order valence-corrected chi connectivity index (χ3v) is 3.16. The first-order valence-electron chi connectivity index (χ1n) is 5.19. The van der Waals surface area contributed by atoms with Gasteiger partial charge in [-0.15, -0.1) is 0 Å². The summed E-state index contributed by atoms with van der Waals surface area (Å²) in [7, 11) is 3.55. The van der Waals surface area contributed by atoms with E-state index in [-0.39, 0.29) is 10.9 Å². The van der Waals surface area contributed by atoms with E-state index in [4.69, 9.17) is 0 Å². The van der Waals surface area contributed by atoms with Gasteiger partial charge in [0.15, 0.2) is 0 Å². The second-order valence-corrected chi connectivity index (χ2v) is 4.50. The van der Waals surface area contributed by atoms with Gasteiger partial charge in [-0.3, -0.25) is 14.9 Å². The quantitative estimate of drug-likeness (QED) is 0.474. The fraction of sp³-hybridized carbons (Fsp3) is 0.500. The molecule has 0 saturated carbocycles. The Morgan fingerprint density at radius 2 is 2.35 bits per heavy atom. The van der Waals surface area contributed by atoms with E-state index in [1.165, 1.54) is 11.4 Å². The van der Waals surface area contributed by atoms with E-state index in [1.807, 2.05) is 7.05 Å². The molecule has 0 bridgehead atoms. The Morgan fingerprint density at radius 1 is 1.65 bits per heavy atom. The van der Waals surface area contributed by atoms with Crippen LogP contribution in [0.3, 0.4) is 0 Å². The summed E-state index contributed by atoms with van der Waals surface area (Å²) in [5, 5.41) is 15.0. The highest BCUT2D eigenvalue weighted by molar-refractivity contribution is 7.13. The molecule has 7 heteroatoms. The van der Waals surface area contributed by atoms with Gasteiger partial charge in [-0.1, -0.05) is 11.3 Å². The highest BCUT2D eigenvalue weighted by Crippen LogP contribution is 2.23. The molecular formula is C10H15N3O3S. The molecule has 1 rings (SSSR count). The first kappa shape index (κ1) is 13.6. The molecule has 0 aliphatic heterocycles. The molecule has 17 heavy (non-hydrogen) atoms. The van der Waals surface area contributed by atoms with Crippen LogP contribution in [0.2, 0.25) is 0 Å². The number of carbonyl (C=O) groups excluding carboxylic acids is 1. The van der Waals surface area contributed by atoms with Crippen molar-refractivity contribution < 1.29 is 9.72 Å². The van der Waals surface area contributed by atoms with Crippen LogP contribution in [0.25, 0.3) is 0 Å². The monoisotopic (exact) mass is 257 g/mol. The number of amides is 1. The van der Waals surface area contributed by atoms with Gasteiger partial charge in [0, 0.05) is 25.0 Å².